The van der Waals surface area contributed by atoms with E-state index in [2.05, 4.69) is 19.2 Å². The Bertz CT molecular complexity index is 430. The highest BCUT2D eigenvalue weighted by molar-refractivity contribution is 5.96. The second-order valence-electron chi connectivity index (χ2n) is 5.20. The molecule has 1 saturated carbocycles. The molecular formula is C15H21NO2. The summed E-state index contributed by atoms with van der Waals surface area (Å²) in [6, 6.07) is 6.92. The van der Waals surface area contributed by atoms with Crippen molar-refractivity contribution >= 4 is 5.91 Å². The summed E-state index contributed by atoms with van der Waals surface area (Å²) in [5.74, 6) is 1.11. The average molecular weight is 247 g/mol. The molecule has 0 aliphatic heterocycles. The number of hydrogen-bond acceptors (Lipinski definition) is 2. The van der Waals surface area contributed by atoms with Crippen LogP contribution in [0.25, 0.3) is 0 Å². The first-order chi connectivity index (χ1) is 8.63. The Labute approximate surface area is 108 Å². The Kier molecular flexibility index (Phi) is 3.90. The lowest BCUT2D eigenvalue weighted by molar-refractivity contribution is 0.0924. The van der Waals surface area contributed by atoms with E-state index >= 15 is 0 Å². The fraction of sp³-hybridized carbons (Fsp3) is 0.533. The molecule has 3 nitrogen and oxygen atoms in total. The van der Waals surface area contributed by atoms with Gasteiger partial charge in [0.1, 0.15) is 5.75 Å². The monoisotopic (exact) mass is 247 g/mol. The van der Waals surface area contributed by atoms with Crippen LogP contribution in [0.15, 0.2) is 24.3 Å². The number of aromatic hydroxyl groups is 1. The Hall–Kier alpha value is -1.51. The molecule has 1 aromatic carbocycles. The zero-order valence-corrected chi connectivity index (χ0v) is 11.0. The topological polar surface area (TPSA) is 49.3 Å². The van der Waals surface area contributed by atoms with Crippen LogP contribution in [0.5, 0.6) is 5.75 Å². The maximum atomic E-state index is 12.1. The Balaban J connectivity index is 2.03. The first-order valence-corrected chi connectivity index (χ1v) is 6.72. The number of phenolic OH excluding ortho intramolecular Hbond substituents is 1. The first-order valence-electron chi connectivity index (χ1n) is 6.72. The molecule has 1 aliphatic carbocycles. The molecule has 3 heteroatoms. The van der Waals surface area contributed by atoms with Crippen molar-refractivity contribution in [2.24, 2.45) is 11.8 Å². The summed E-state index contributed by atoms with van der Waals surface area (Å²) < 4.78 is 0. The number of carbonyl (C=O) groups excluding carboxylic acids is 1. The molecule has 3 unspecified atom stereocenters. The number of phenols is 1. The minimum Gasteiger partial charge on any atom is -0.507 e. The maximum absolute atomic E-state index is 12.1. The molecule has 0 aromatic heterocycles. The molecule has 1 aromatic rings. The summed E-state index contributed by atoms with van der Waals surface area (Å²) in [6.45, 7) is 4.41. The van der Waals surface area contributed by atoms with E-state index in [-0.39, 0.29) is 17.7 Å². The van der Waals surface area contributed by atoms with Gasteiger partial charge in [0.25, 0.3) is 5.91 Å². The second-order valence-corrected chi connectivity index (χ2v) is 5.20. The molecule has 1 aliphatic rings. The smallest absolute Gasteiger partial charge is 0.255 e. The first kappa shape index (κ1) is 12.9. The van der Waals surface area contributed by atoms with E-state index in [4.69, 9.17) is 0 Å². The van der Waals surface area contributed by atoms with Crippen LogP contribution in [0.1, 0.15) is 43.5 Å². The molecule has 0 saturated heterocycles. The van der Waals surface area contributed by atoms with Crippen molar-refractivity contribution in [1.82, 2.24) is 5.32 Å². The van der Waals surface area contributed by atoms with Crippen LogP contribution in [0.4, 0.5) is 0 Å². The standard InChI is InChI=1S/C15H21NO2/c1-3-11-8-9-13(10(11)2)16-15(18)12-6-4-5-7-14(12)17/h4-7,10-11,13,17H,3,8-9H2,1-2H3,(H,16,18). The highest BCUT2D eigenvalue weighted by atomic mass is 16.3. The van der Waals surface area contributed by atoms with E-state index < -0.39 is 0 Å². The Morgan fingerprint density at radius 1 is 1.39 bits per heavy atom. The van der Waals surface area contributed by atoms with Gasteiger partial charge in [0.2, 0.25) is 0 Å². The third kappa shape index (κ3) is 2.50. The van der Waals surface area contributed by atoms with E-state index in [0.29, 0.717) is 17.4 Å². The molecule has 98 valence electrons. The molecule has 2 rings (SSSR count). The van der Waals surface area contributed by atoms with Crippen LogP contribution in [0, 0.1) is 11.8 Å². The van der Waals surface area contributed by atoms with Crippen molar-refractivity contribution in [3.05, 3.63) is 29.8 Å². The lowest BCUT2D eigenvalue weighted by Crippen LogP contribution is -2.37. The third-order valence-electron chi connectivity index (χ3n) is 4.22. The van der Waals surface area contributed by atoms with Crippen LogP contribution >= 0.6 is 0 Å². The molecule has 1 amide bonds. The van der Waals surface area contributed by atoms with Crippen molar-refractivity contribution in [1.29, 1.82) is 0 Å². The quantitative estimate of drug-likeness (QED) is 0.862. The number of benzene rings is 1. The number of amides is 1. The largest absolute Gasteiger partial charge is 0.507 e. The van der Waals surface area contributed by atoms with Gasteiger partial charge in [0.15, 0.2) is 0 Å². The van der Waals surface area contributed by atoms with Gasteiger partial charge in [0.05, 0.1) is 5.56 Å². The van der Waals surface area contributed by atoms with Gasteiger partial charge in [-0.3, -0.25) is 4.79 Å². The predicted octanol–water partition coefficient (Wildman–Crippen LogP) is 2.95. The fourth-order valence-electron chi connectivity index (χ4n) is 2.94. The van der Waals surface area contributed by atoms with Crippen molar-refractivity contribution in [3.63, 3.8) is 0 Å². The van der Waals surface area contributed by atoms with E-state index in [0.717, 1.165) is 6.42 Å². The highest BCUT2D eigenvalue weighted by Gasteiger charge is 2.32. The summed E-state index contributed by atoms with van der Waals surface area (Å²) in [4.78, 5) is 12.1. The van der Waals surface area contributed by atoms with E-state index in [1.54, 1.807) is 24.3 Å². The van der Waals surface area contributed by atoms with Gasteiger partial charge in [-0.05, 0) is 36.8 Å². The van der Waals surface area contributed by atoms with Gasteiger partial charge in [-0.1, -0.05) is 32.4 Å². The summed E-state index contributed by atoms with van der Waals surface area (Å²) in [5.41, 5.74) is 0.365. The van der Waals surface area contributed by atoms with Crippen molar-refractivity contribution in [3.8, 4) is 5.75 Å². The van der Waals surface area contributed by atoms with Crippen LogP contribution in [0.2, 0.25) is 0 Å². The van der Waals surface area contributed by atoms with Gasteiger partial charge < -0.3 is 10.4 Å². The number of nitrogens with one attached hydrogen (secondary N) is 1. The molecule has 0 heterocycles. The van der Waals surface area contributed by atoms with E-state index in [1.165, 1.54) is 12.8 Å². The molecular weight excluding hydrogens is 226 g/mol. The van der Waals surface area contributed by atoms with Crippen molar-refractivity contribution in [2.45, 2.75) is 39.2 Å². The molecule has 3 atom stereocenters. The van der Waals surface area contributed by atoms with Gasteiger partial charge in [-0.25, -0.2) is 0 Å². The summed E-state index contributed by atoms with van der Waals surface area (Å²) in [7, 11) is 0. The van der Waals surface area contributed by atoms with Gasteiger partial charge in [0, 0.05) is 6.04 Å². The molecule has 0 spiro atoms. The molecule has 18 heavy (non-hydrogen) atoms. The lowest BCUT2D eigenvalue weighted by atomic mass is 9.93. The SMILES string of the molecule is CCC1CCC(NC(=O)c2ccccc2O)C1C. The van der Waals surface area contributed by atoms with Gasteiger partial charge in [-0.2, -0.15) is 0 Å². The summed E-state index contributed by atoms with van der Waals surface area (Å²) in [6.07, 6.45) is 3.40. The number of carbonyl (C=O) groups is 1. The summed E-state index contributed by atoms with van der Waals surface area (Å²) in [5, 5.41) is 12.7. The van der Waals surface area contributed by atoms with Gasteiger partial charge >= 0.3 is 0 Å². The maximum Gasteiger partial charge on any atom is 0.255 e. The predicted molar refractivity (Wildman–Crippen MR) is 71.5 cm³/mol. The van der Waals surface area contributed by atoms with Crippen molar-refractivity contribution in [2.75, 3.05) is 0 Å². The van der Waals surface area contributed by atoms with Gasteiger partial charge in [-0.15, -0.1) is 0 Å². The minimum atomic E-state index is -0.165. The lowest BCUT2D eigenvalue weighted by Gasteiger charge is -2.21. The van der Waals surface area contributed by atoms with E-state index in [9.17, 15) is 9.90 Å². The van der Waals surface area contributed by atoms with Crippen LogP contribution in [-0.4, -0.2) is 17.1 Å². The average Bonchev–Trinajstić information content (AvgIpc) is 2.71. The van der Waals surface area contributed by atoms with Crippen LogP contribution in [-0.2, 0) is 0 Å². The fourth-order valence-corrected chi connectivity index (χ4v) is 2.94. The Morgan fingerprint density at radius 3 is 2.72 bits per heavy atom. The van der Waals surface area contributed by atoms with Crippen LogP contribution in [0.3, 0.4) is 0 Å². The number of rotatable bonds is 3. The minimum absolute atomic E-state index is 0.0488. The summed E-state index contributed by atoms with van der Waals surface area (Å²) >= 11 is 0. The third-order valence-corrected chi connectivity index (χ3v) is 4.22. The second kappa shape index (κ2) is 5.42. The van der Waals surface area contributed by atoms with E-state index in [1.807, 2.05) is 0 Å². The zero-order valence-electron chi connectivity index (χ0n) is 11.0. The molecule has 0 radical (unpaired) electrons. The number of hydrogen-bond donors (Lipinski definition) is 2. The Morgan fingerprint density at radius 2 is 2.11 bits per heavy atom. The normalized spacial score (nSPS) is 27.1. The zero-order chi connectivity index (χ0) is 13.1. The molecule has 1 fully saturated rings. The number of para-hydroxylation sites is 1. The molecule has 0 bridgehead atoms. The van der Waals surface area contributed by atoms with Crippen molar-refractivity contribution < 1.29 is 9.90 Å². The molecule has 2 N–H and O–H groups in total. The van der Waals surface area contributed by atoms with Crippen LogP contribution < -0.4 is 5.32 Å². The highest BCUT2D eigenvalue weighted by Crippen LogP contribution is 2.34.